The molecule has 0 bridgehead atoms. The predicted molar refractivity (Wildman–Crippen MR) is 106 cm³/mol. The first-order valence-electron chi connectivity index (χ1n) is 9.85. The average molecular weight is 365 g/mol. The Hall–Kier alpha value is -2.53. The van der Waals surface area contributed by atoms with Gasteiger partial charge in [0, 0.05) is 25.1 Å². The van der Waals surface area contributed by atoms with Gasteiger partial charge in [-0.3, -0.25) is 4.90 Å². The highest BCUT2D eigenvalue weighted by molar-refractivity contribution is 5.74. The molecule has 2 aromatic carbocycles. The Balaban J connectivity index is 1.35. The number of hydrogen-bond acceptors (Lipinski definition) is 3. The third-order valence-electron chi connectivity index (χ3n) is 5.41. The summed E-state index contributed by atoms with van der Waals surface area (Å²) in [5.74, 6) is 0.866. The van der Waals surface area contributed by atoms with Gasteiger partial charge in [-0.1, -0.05) is 42.5 Å². The normalized spacial score (nSPS) is 19.2. The van der Waals surface area contributed by atoms with Crippen molar-refractivity contribution in [1.29, 1.82) is 0 Å². The minimum atomic E-state index is -0.132. The molecular weight excluding hydrogens is 338 g/mol. The lowest BCUT2D eigenvalue weighted by atomic mass is 10.0. The van der Waals surface area contributed by atoms with Crippen LogP contribution in [-0.4, -0.2) is 30.6 Å². The maximum Gasteiger partial charge on any atom is 0.315 e. The number of hydrogen-bond donors (Lipinski definition) is 2. The van der Waals surface area contributed by atoms with E-state index in [1.54, 1.807) is 0 Å². The van der Waals surface area contributed by atoms with Gasteiger partial charge in [-0.05, 0) is 43.1 Å². The number of amides is 2. The van der Waals surface area contributed by atoms with Gasteiger partial charge in [0.1, 0.15) is 5.75 Å². The standard InChI is InChI=1S/C22H27N3O2/c26-22(24-20-11-14-27-21-10-4-3-9-19(20)21)23-15-17-7-1-2-8-18(17)16-25-12-5-6-13-25/h1-4,7-10,20H,5-6,11-16H2,(H2,23,24,26). The summed E-state index contributed by atoms with van der Waals surface area (Å²) in [5, 5.41) is 6.13. The van der Waals surface area contributed by atoms with Crippen LogP contribution in [0.3, 0.4) is 0 Å². The van der Waals surface area contributed by atoms with Crippen molar-refractivity contribution in [1.82, 2.24) is 15.5 Å². The number of para-hydroxylation sites is 1. The molecule has 5 heteroatoms. The van der Waals surface area contributed by atoms with Gasteiger partial charge in [-0.25, -0.2) is 4.79 Å². The maximum atomic E-state index is 12.5. The van der Waals surface area contributed by atoms with Gasteiger partial charge in [-0.15, -0.1) is 0 Å². The van der Waals surface area contributed by atoms with Crippen molar-refractivity contribution in [2.24, 2.45) is 0 Å². The van der Waals surface area contributed by atoms with E-state index in [0.717, 1.165) is 24.3 Å². The Kier molecular flexibility index (Phi) is 5.58. The van der Waals surface area contributed by atoms with E-state index in [0.29, 0.717) is 13.2 Å². The first kappa shape index (κ1) is 17.9. The fourth-order valence-electron chi connectivity index (χ4n) is 3.94. The Bertz CT molecular complexity index is 787. The van der Waals surface area contributed by atoms with Crippen LogP contribution in [0.2, 0.25) is 0 Å². The van der Waals surface area contributed by atoms with Crippen molar-refractivity contribution in [2.45, 2.75) is 38.4 Å². The Labute approximate surface area is 160 Å². The lowest BCUT2D eigenvalue weighted by Crippen LogP contribution is -2.39. The monoisotopic (exact) mass is 365 g/mol. The third kappa shape index (κ3) is 4.42. The minimum Gasteiger partial charge on any atom is -0.493 e. The summed E-state index contributed by atoms with van der Waals surface area (Å²) in [5.41, 5.74) is 3.54. The Morgan fingerprint density at radius 3 is 2.63 bits per heavy atom. The van der Waals surface area contributed by atoms with Crippen molar-refractivity contribution in [3.8, 4) is 5.75 Å². The minimum absolute atomic E-state index is 0.00482. The van der Waals surface area contributed by atoms with E-state index in [1.807, 2.05) is 30.3 Å². The summed E-state index contributed by atoms with van der Waals surface area (Å²) in [7, 11) is 0. The number of fused-ring (bicyclic) bond motifs is 1. The van der Waals surface area contributed by atoms with Gasteiger partial charge in [0.15, 0.2) is 0 Å². The topological polar surface area (TPSA) is 53.6 Å². The fourth-order valence-corrected chi connectivity index (χ4v) is 3.94. The molecule has 2 aliphatic rings. The molecule has 4 rings (SSSR count). The van der Waals surface area contributed by atoms with E-state index in [4.69, 9.17) is 4.74 Å². The van der Waals surface area contributed by atoms with Gasteiger partial charge in [0.25, 0.3) is 0 Å². The summed E-state index contributed by atoms with van der Waals surface area (Å²) in [4.78, 5) is 15.0. The van der Waals surface area contributed by atoms with Crippen LogP contribution in [0.1, 0.15) is 42.0 Å². The highest BCUT2D eigenvalue weighted by Crippen LogP contribution is 2.31. The lowest BCUT2D eigenvalue weighted by molar-refractivity contribution is 0.223. The fraction of sp³-hybridized carbons (Fsp3) is 0.409. The van der Waals surface area contributed by atoms with E-state index in [-0.39, 0.29) is 12.1 Å². The SMILES string of the molecule is O=C(NCc1ccccc1CN1CCCC1)NC1CCOc2ccccc21. The van der Waals surface area contributed by atoms with Crippen LogP contribution in [0.5, 0.6) is 5.75 Å². The summed E-state index contributed by atoms with van der Waals surface area (Å²) in [6.45, 7) is 4.48. The number of nitrogens with one attached hydrogen (secondary N) is 2. The van der Waals surface area contributed by atoms with Gasteiger partial charge in [0.2, 0.25) is 0 Å². The largest absolute Gasteiger partial charge is 0.493 e. The first-order valence-corrected chi connectivity index (χ1v) is 9.85. The third-order valence-corrected chi connectivity index (χ3v) is 5.41. The van der Waals surface area contributed by atoms with Crippen molar-refractivity contribution in [2.75, 3.05) is 19.7 Å². The number of ether oxygens (including phenoxy) is 1. The molecule has 2 amide bonds. The van der Waals surface area contributed by atoms with Gasteiger partial charge in [0.05, 0.1) is 12.6 Å². The lowest BCUT2D eigenvalue weighted by Gasteiger charge is -2.26. The molecular formula is C22H27N3O2. The zero-order valence-electron chi connectivity index (χ0n) is 15.6. The van der Waals surface area contributed by atoms with E-state index >= 15 is 0 Å². The smallest absolute Gasteiger partial charge is 0.315 e. The number of likely N-dealkylation sites (tertiary alicyclic amines) is 1. The zero-order chi connectivity index (χ0) is 18.5. The number of rotatable bonds is 5. The molecule has 1 unspecified atom stereocenters. The van der Waals surface area contributed by atoms with Crippen LogP contribution in [0, 0.1) is 0 Å². The second-order valence-electron chi connectivity index (χ2n) is 7.31. The van der Waals surface area contributed by atoms with Gasteiger partial charge in [-0.2, -0.15) is 0 Å². The summed E-state index contributed by atoms with van der Waals surface area (Å²) < 4.78 is 5.67. The van der Waals surface area contributed by atoms with E-state index < -0.39 is 0 Å². The molecule has 1 atom stereocenters. The van der Waals surface area contributed by atoms with Crippen molar-refractivity contribution < 1.29 is 9.53 Å². The molecule has 0 aliphatic carbocycles. The molecule has 5 nitrogen and oxygen atoms in total. The van der Waals surface area contributed by atoms with Crippen LogP contribution in [0.4, 0.5) is 4.79 Å². The summed E-state index contributed by atoms with van der Waals surface area (Å²) in [6, 6.07) is 16.2. The average Bonchev–Trinajstić information content (AvgIpc) is 3.21. The maximum absolute atomic E-state index is 12.5. The molecule has 2 heterocycles. The summed E-state index contributed by atoms with van der Waals surface area (Å²) >= 11 is 0. The van der Waals surface area contributed by atoms with Crippen molar-refractivity contribution in [3.05, 3.63) is 65.2 Å². The molecule has 0 spiro atoms. The summed E-state index contributed by atoms with van der Waals surface area (Å²) in [6.07, 6.45) is 3.36. The van der Waals surface area contributed by atoms with E-state index in [1.165, 1.54) is 37.1 Å². The quantitative estimate of drug-likeness (QED) is 0.851. The molecule has 0 saturated carbocycles. The number of urea groups is 1. The van der Waals surface area contributed by atoms with Crippen molar-refractivity contribution >= 4 is 6.03 Å². The highest BCUT2D eigenvalue weighted by atomic mass is 16.5. The molecule has 2 N–H and O–H groups in total. The molecule has 1 fully saturated rings. The number of carbonyl (C=O) groups excluding carboxylic acids is 1. The van der Waals surface area contributed by atoms with Crippen LogP contribution in [-0.2, 0) is 13.1 Å². The second-order valence-corrected chi connectivity index (χ2v) is 7.31. The van der Waals surface area contributed by atoms with Crippen LogP contribution in [0.25, 0.3) is 0 Å². The van der Waals surface area contributed by atoms with Crippen molar-refractivity contribution in [3.63, 3.8) is 0 Å². The van der Waals surface area contributed by atoms with Crippen LogP contribution in [0.15, 0.2) is 48.5 Å². The van der Waals surface area contributed by atoms with E-state index in [2.05, 4.69) is 33.7 Å². The zero-order valence-corrected chi connectivity index (χ0v) is 15.6. The van der Waals surface area contributed by atoms with Crippen LogP contribution < -0.4 is 15.4 Å². The molecule has 2 aliphatic heterocycles. The predicted octanol–water partition coefficient (Wildman–Crippen LogP) is 3.61. The molecule has 0 radical (unpaired) electrons. The molecule has 142 valence electrons. The molecule has 2 aromatic rings. The number of carbonyl (C=O) groups is 1. The number of nitrogens with zero attached hydrogens (tertiary/aromatic N) is 1. The highest BCUT2D eigenvalue weighted by Gasteiger charge is 2.22. The Morgan fingerprint density at radius 1 is 1.04 bits per heavy atom. The molecule has 1 saturated heterocycles. The molecule has 27 heavy (non-hydrogen) atoms. The van der Waals surface area contributed by atoms with Gasteiger partial charge >= 0.3 is 6.03 Å². The number of benzene rings is 2. The molecule has 0 aromatic heterocycles. The Morgan fingerprint density at radius 2 is 1.78 bits per heavy atom. The van der Waals surface area contributed by atoms with Gasteiger partial charge < -0.3 is 15.4 Å². The first-order chi connectivity index (χ1) is 13.3. The van der Waals surface area contributed by atoms with E-state index in [9.17, 15) is 4.79 Å². The second kappa shape index (κ2) is 8.44. The van der Waals surface area contributed by atoms with Crippen LogP contribution >= 0.6 is 0 Å².